The van der Waals surface area contributed by atoms with Crippen molar-refractivity contribution in [2.45, 2.75) is 19.4 Å². The summed E-state index contributed by atoms with van der Waals surface area (Å²) >= 11 is 0. The van der Waals surface area contributed by atoms with Gasteiger partial charge in [0.05, 0.1) is 4.92 Å². The Morgan fingerprint density at radius 1 is 1.47 bits per heavy atom. The van der Waals surface area contributed by atoms with Crippen LogP contribution in [0, 0.1) is 22.0 Å². The zero-order chi connectivity index (χ0) is 13.4. The van der Waals surface area contributed by atoms with Gasteiger partial charge in [-0.05, 0) is 18.3 Å². The van der Waals surface area contributed by atoms with Crippen molar-refractivity contribution < 1.29 is 4.92 Å². The summed E-state index contributed by atoms with van der Waals surface area (Å²) < 4.78 is 0. The lowest BCUT2D eigenvalue weighted by atomic mass is 9.93. The predicted molar refractivity (Wildman–Crippen MR) is 70.0 cm³/mol. The van der Waals surface area contributed by atoms with Gasteiger partial charge in [0, 0.05) is 25.7 Å². The maximum absolute atomic E-state index is 10.6. The first-order chi connectivity index (χ1) is 9.20. The van der Waals surface area contributed by atoms with Crippen molar-refractivity contribution in [3.8, 4) is 0 Å². The number of aromatic nitrogens is 2. The first-order valence-electron chi connectivity index (χ1n) is 6.64. The van der Waals surface area contributed by atoms with Gasteiger partial charge in [-0.1, -0.05) is 6.92 Å². The number of nitro groups is 1. The summed E-state index contributed by atoms with van der Waals surface area (Å²) in [6.45, 7) is 5.20. The van der Waals surface area contributed by atoms with E-state index >= 15 is 0 Å². The van der Waals surface area contributed by atoms with E-state index in [1.807, 2.05) is 0 Å². The number of anilines is 1. The molecule has 2 aliphatic heterocycles. The van der Waals surface area contributed by atoms with E-state index in [1.165, 1.54) is 12.4 Å². The van der Waals surface area contributed by atoms with Gasteiger partial charge in [0.15, 0.2) is 0 Å². The fourth-order valence-electron chi connectivity index (χ4n) is 3.33. The van der Waals surface area contributed by atoms with Crippen molar-refractivity contribution in [3.63, 3.8) is 0 Å². The lowest BCUT2D eigenvalue weighted by molar-refractivity contribution is -0.385. The summed E-state index contributed by atoms with van der Waals surface area (Å²) in [5.41, 5.74) is -0.0575. The molecule has 0 spiro atoms. The van der Waals surface area contributed by atoms with Crippen LogP contribution in [0.2, 0.25) is 0 Å². The van der Waals surface area contributed by atoms with Crippen molar-refractivity contribution in [2.24, 2.45) is 11.8 Å². The number of fused-ring (bicyclic) bond motifs is 1. The van der Waals surface area contributed by atoms with Crippen LogP contribution in [0.3, 0.4) is 0 Å². The van der Waals surface area contributed by atoms with Crippen LogP contribution in [0.15, 0.2) is 12.4 Å². The molecule has 2 aliphatic rings. The molecule has 0 bridgehead atoms. The van der Waals surface area contributed by atoms with Crippen molar-refractivity contribution in [1.82, 2.24) is 15.3 Å². The Balaban J connectivity index is 1.83. The third kappa shape index (κ3) is 2.03. The van der Waals surface area contributed by atoms with Crippen LogP contribution in [-0.2, 0) is 0 Å². The van der Waals surface area contributed by atoms with E-state index in [0.717, 1.165) is 26.1 Å². The molecular formula is C12H17N5O2. The normalized spacial score (nSPS) is 29.5. The largest absolute Gasteiger partial charge is 0.337 e. The Kier molecular flexibility index (Phi) is 3.06. The van der Waals surface area contributed by atoms with Crippen LogP contribution in [-0.4, -0.2) is 40.6 Å². The molecule has 2 saturated heterocycles. The minimum absolute atomic E-state index is 0.0575. The first kappa shape index (κ1) is 12.3. The summed E-state index contributed by atoms with van der Waals surface area (Å²) in [6.07, 6.45) is 3.63. The molecular weight excluding hydrogens is 246 g/mol. The van der Waals surface area contributed by atoms with Gasteiger partial charge in [0.2, 0.25) is 5.95 Å². The fraction of sp³-hybridized carbons (Fsp3) is 0.667. The zero-order valence-corrected chi connectivity index (χ0v) is 10.8. The third-order valence-corrected chi connectivity index (χ3v) is 4.23. The average Bonchev–Trinajstić information content (AvgIpc) is 2.98. The second kappa shape index (κ2) is 4.73. The number of hydrogen-bond acceptors (Lipinski definition) is 6. The van der Waals surface area contributed by atoms with Gasteiger partial charge in [-0.25, -0.2) is 9.97 Å². The van der Waals surface area contributed by atoms with Crippen LogP contribution in [0.25, 0.3) is 0 Å². The van der Waals surface area contributed by atoms with Gasteiger partial charge in [-0.2, -0.15) is 0 Å². The zero-order valence-electron chi connectivity index (χ0n) is 10.8. The summed E-state index contributed by atoms with van der Waals surface area (Å²) in [5, 5.41) is 14.0. The lowest BCUT2D eigenvalue weighted by Gasteiger charge is -2.26. The molecule has 7 nitrogen and oxygen atoms in total. The number of nitrogens with zero attached hydrogens (tertiary/aromatic N) is 4. The standard InChI is InChI=1S/C12H17N5O2/c1-2-11-10-6-13-3-8(10)7-16(11)12-14-4-9(5-15-12)17(18)19/h4-5,8,10-11,13H,2-3,6-7H2,1H3. The van der Waals surface area contributed by atoms with Crippen molar-refractivity contribution in [2.75, 3.05) is 24.5 Å². The Bertz CT molecular complexity index is 478. The third-order valence-electron chi connectivity index (χ3n) is 4.23. The maximum atomic E-state index is 10.6. The van der Waals surface area contributed by atoms with Gasteiger partial charge < -0.3 is 10.2 Å². The molecule has 102 valence electrons. The van der Waals surface area contributed by atoms with E-state index in [1.54, 1.807) is 0 Å². The molecule has 3 rings (SSSR count). The monoisotopic (exact) mass is 263 g/mol. The number of nitrogens with one attached hydrogen (secondary N) is 1. The van der Waals surface area contributed by atoms with E-state index in [2.05, 4.69) is 27.1 Å². The maximum Gasteiger partial charge on any atom is 0.305 e. The topological polar surface area (TPSA) is 84.2 Å². The molecule has 19 heavy (non-hydrogen) atoms. The van der Waals surface area contributed by atoms with Crippen LogP contribution in [0.4, 0.5) is 11.6 Å². The Hall–Kier alpha value is -1.76. The average molecular weight is 263 g/mol. The van der Waals surface area contributed by atoms with E-state index in [0.29, 0.717) is 23.8 Å². The van der Waals surface area contributed by atoms with Crippen LogP contribution in [0.1, 0.15) is 13.3 Å². The van der Waals surface area contributed by atoms with Gasteiger partial charge in [0.25, 0.3) is 0 Å². The van der Waals surface area contributed by atoms with Gasteiger partial charge in [-0.15, -0.1) is 0 Å². The van der Waals surface area contributed by atoms with Crippen LogP contribution < -0.4 is 10.2 Å². The molecule has 0 amide bonds. The molecule has 0 saturated carbocycles. The van der Waals surface area contributed by atoms with Crippen molar-refractivity contribution in [3.05, 3.63) is 22.5 Å². The van der Waals surface area contributed by atoms with Crippen LogP contribution >= 0.6 is 0 Å². The quantitative estimate of drug-likeness (QED) is 0.642. The Labute approximate surface area is 111 Å². The second-order valence-electron chi connectivity index (χ2n) is 5.21. The van der Waals surface area contributed by atoms with E-state index in [-0.39, 0.29) is 5.69 Å². The highest BCUT2D eigenvalue weighted by molar-refractivity contribution is 5.38. The molecule has 1 N–H and O–H groups in total. The molecule has 3 unspecified atom stereocenters. The van der Waals surface area contributed by atoms with Crippen LogP contribution in [0.5, 0.6) is 0 Å². The minimum Gasteiger partial charge on any atom is -0.337 e. The number of rotatable bonds is 3. The fourth-order valence-corrected chi connectivity index (χ4v) is 3.33. The minimum atomic E-state index is -0.469. The van der Waals surface area contributed by atoms with Gasteiger partial charge in [-0.3, -0.25) is 10.1 Å². The molecule has 2 fully saturated rings. The highest BCUT2D eigenvalue weighted by atomic mass is 16.6. The van der Waals surface area contributed by atoms with E-state index < -0.39 is 4.92 Å². The molecule has 0 radical (unpaired) electrons. The van der Waals surface area contributed by atoms with Crippen molar-refractivity contribution in [1.29, 1.82) is 0 Å². The summed E-state index contributed by atoms with van der Waals surface area (Å²) in [6, 6.07) is 0.432. The lowest BCUT2D eigenvalue weighted by Crippen LogP contribution is -2.36. The summed E-state index contributed by atoms with van der Waals surface area (Å²) in [4.78, 5) is 20.7. The molecule has 1 aromatic rings. The highest BCUT2D eigenvalue weighted by Gasteiger charge is 2.44. The molecule has 7 heteroatoms. The van der Waals surface area contributed by atoms with Gasteiger partial charge >= 0.3 is 5.69 Å². The Morgan fingerprint density at radius 2 is 2.21 bits per heavy atom. The molecule has 3 atom stereocenters. The smallest absolute Gasteiger partial charge is 0.305 e. The Morgan fingerprint density at radius 3 is 2.84 bits per heavy atom. The van der Waals surface area contributed by atoms with Gasteiger partial charge in [0.1, 0.15) is 12.4 Å². The SMILES string of the molecule is CCC1C2CNCC2CN1c1ncc([N+](=O)[O-])cn1. The van der Waals surface area contributed by atoms with E-state index in [9.17, 15) is 10.1 Å². The molecule has 1 aromatic heterocycles. The summed E-state index contributed by atoms with van der Waals surface area (Å²) in [7, 11) is 0. The second-order valence-corrected chi connectivity index (χ2v) is 5.21. The first-order valence-corrected chi connectivity index (χ1v) is 6.64. The molecule has 0 aliphatic carbocycles. The van der Waals surface area contributed by atoms with E-state index in [4.69, 9.17) is 0 Å². The molecule has 3 heterocycles. The highest BCUT2D eigenvalue weighted by Crippen LogP contribution is 2.36. The number of hydrogen-bond donors (Lipinski definition) is 1. The predicted octanol–water partition coefficient (Wildman–Crippen LogP) is 0.819. The summed E-state index contributed by atoms with van der Waals surface area (Å²) in [5.74, 6) is 1.90. The molecule has 0 aromatic carbocycles. The van der Waals surface area contributed by atoms with Crippen molar-refractivity contribution >= 4 is 11.6 Å².